The van der Waals surface area contributed by atoms with Gasteiger partial charge in [0.05, 0.1) is 18.9 Å². The minimum absolute atomic E-state index is 0.215. The van der Waals surface area contributed by atoms with Crippen molar-refractivity contribution in [1.29, 1.82) is 0 Å². The van der Waals surface area contributed by atoms with Gasteiger partial charge in [-0.25, -0.2) is 0 Å². The fourth-order valence-corrected chi connectivity index (χ4v) is 4.98. The normalized spacial score (nSPS) is 17.6. The van der Waals surface area contributed by atoms with Crippen LogP contribution in [0.25, 0.3) is 0 Å². The van der Waals surface area contributed by atoms with Gasteiger partial charge in [0.1, 0.15) is 19.3 Å². The molecule has 0 aromatic heterocycles. The summed E-state index contributed by atoms with van der Waals surface area (Å²) >= 11 is 0. The zero-order valence-corrected chi connectivity index (χ0v) is 21.0. The van der Waals surface area contributed by atoms with Crippen molar-refractivity contribution in [2.45, 2.75) is 77.2 Å². The molecule has 9 heteroatoms. The first-order valence-corrected chi connectivity index (χ1v) is 19.0. The van der Waals surface area contributed by atoms with Crippen LogP contribution in [0.3, 0.4) is 0 Å². The van der Waals surface area contributed by atoms with Crippen molar-refractivity contribution >= 4 is 31.2 Å². The van der Waals surface area contributed by atoms with Gasteiger partial charge < -0.3 is 22.9 Å². The highest BCUT2D eigenvalue weighted by molar-refractivity contribution is 6.70. The first-order valence-electron chi connectivity index (χ1n) is 8.77. The van der Waals surface area contributed by atoms with Crippen LogP contribution in [-0.4, -0.2) is 70.3 Å². The minimum atomic E-state index is -1.82. The Kier molecular flexibility index (Phi) is 10.3. The summed E-state index contributed by atoms with van der Waals surface area (Å²) in [5.74, 6) is 0. The van der Waals surface area contributed by atoms with Crippen LogP contribution in [0.15, 0.2) is 5.16 Å². The molecule has 0 aliphatic heterocycles. The number of oxime groups is 1. The number of methoxy groups -OCH3 is 1. The van der Waals surface area contributed by atoms with E-state index in [0.29, 0.717) is 6.61 Å². The summed E-state index contributed by atoms with van der Waals surface area (Å²) in [5, 5.41) is 3.93. The Bertz CT molecular complexity index is 402. The lowest BCUT2D eigenvalue weighted by atomic mass is 10.1. The molecule has 0 radical (unpaired) electrons. The second kappa shape index (κ2) is 10.3. The lowest BCUT2D eigenvalue weighted by molar-refractivity contribution is -0.0612. The van der Waals surface area contributed by atoms with Crippen LogP contribution in [0.5, 0.6) is 0 Å². The molecule has 0 aromatic rings. The first kappa shape index (κ1) is 25.0. The third kappa shape index (κ3) is 12.9. The van der Waals surface area contributed by atoms with Gasteiger partial charge in [-0.1, -0.05) is 5.16 Å². The summed E-state index contributed by atoms with van der Waals surface area (Å²) in [4.78, 5) is 4.87. The van der Waals surface area contributed by atoms with E-state index in [-0.39, 0.29) is 18.3 Å². The molecule has 150 valence electrons. The van der Waals surface area contributed by atoms with Gasteiger partial charge in [-0.05, 0) is 58.9 Å². The minimum Gasteiger partial charge on any atom is -0.415 e. The molecule has 0 fully saturated rings. The van der Waals surface area contributed by atoms with Crippen molar-refractivity contribution in [3.05, 3.63) is 0 Å². The van der Waals surface area contributed by atoms with Crippen LogP contribution in [0.2, 0.25) is 58.9 Å². The first-order chi connectivity index (χ1) is 11.2. The SMILES string of the molecule is CON=C[C@H](O[Si](C)(C)C)[C@H](OC)[C@@H](CO[Si](C)(C)C)O[Si](C)(C)C. The molecule has 0 spiro atoms. The Balaban J connectivity index is 5.53. The van der Waals surface area contributed by atoms with E-state index in [1.165, 1.54) is 7.11 Å². The van der Waals surface area contributed by atoms with Crippen molar-refractivity contribution in [2.75, 3.05) is 20.8 Å². The number of rotatable bonds is 12. The molecule has 0 saturated carbocycles. The summed E-state index contributed by atoms with van der Waals surface area (Å²) in [6, 6.07) is 0. The summed E-state index contributed by atoms with van der Waals surface area (Å²) in [5.41, 5.74) is 0. The van der Waals surface area contributed by atoms with Gasteiger partial charge >= 0.3 is 0 Å². The maximum atomic E-state index is 6.41. The molecule has 0 bridgehead atoms. The average Bonchev–Trinajstić information content (AvgIpc) is 2.38. The molecule has 0 N–H and O–H groups in total. The molecule has 0 aromatic carbocycles. The smallest absolute Gasteiger partial charge is 0.184 e. The second-order valence-corrected chi connectivity index (χ2v) is 22.5. The van der Waals surface area contributed by atoms with E-state index in [0.717, 1.165) is 0 Å². The predicted molar refractivity (Wildman–Crippen MR) is 112 cm³/mol. The summed E-state index contributed by atoms with van der Waals surface area (Å²) in [6.45, 7) is 19.9. The highest BCUT2D eigenvalue weighted by Crippen LogP contribution is 2.20. The van der Waals surface area contributed by atoms with Crippen molar-refractivity contribution in [2.24, 2.45) is 5.16 Å². The summed E-state index contributed by atoms with van der Waals surface area (Å²) in [6.07, 6.45) is 0.798. The molecule has 0 heterocycles. The van der Waals surface area contributed by atoms with Crippen molar-refractivity contribution in [1.82, 2.24) is 0 Å². The van der Waals surface area contributed by atoms with Gasteiger partial charge in [-0.15, -0.1) is 0 Å². The molecule has 0 aliphatic rings. The van der Waals surface area contributed by atoms with Gasteiger partial charge in [0.25, 0.3) is 0 Å². The van der Waals surface area contributed by atoms with E-state index in [9.17, 15) is 0 Å². The van der Waals surface area contributed by atoms with Crippen LogP contribution in [0.4, 0.5) is 0 Å². The van der Waals surface area contributed by atoms with Crippen molar-refractivity contribution in [3.63, 3.8) is 0 Å². The third-order valence-electron chi connectivity index (χ3n) is 2.95. The van der Waals surface area contributed by atoms with Crippen molar-refractivity contribution in [3.8, 4) is 0 Å². The van der Waals surface area contributed by atoms with Gasteiger partial charge in [-0.2, -0.15) is 0 Å². The largest absolute Gasteiger partial charge is 0.415 e. The standard InChI is InChI=1S/C16H39NO5Si3/c1-18-16(14(12-17-19-2)21-24(6,7)8)15(22-25(9,10)11)13-20-23(3,4)5/h12,14-16H,13H2,1-11H3/t14-,15+,16-/m0/s1. The van der Waals surface area contributed by atoms with Crippen LogP contribution >= 0.6 is 0 Å². The Hall–Kier alpha value is -0.0394. The van der Waals surface area contributed by atoms with Gasteiger partial charge in [0, 0.05) is 7.11 Å². The van der Waals surface area contributed by atoms with Crippen molar-refractivity contribution < 1.29 is 22.9 Å². The molecule has 0 unspecified atom stereocenters. The molecular weight excluding hydrogens is 370 g/mol. The van der Waals surface area contributed by atoms with Crippen LogP contribution < -0.4 is 0 Å². The molecule has 0 aliphatic carbocycles. The van der Waals surface area contributed by atoms with Crippen LogP contribution in [0, 0.1) is 0 Å². The number of ether oxygens (including phenoxy) is 1. The maximum Gasteiger partial charge on any atom is 0.184 e. The lowest BCUT2D eigenvalue weighted by Crippen LogP contribution is -2.52. The van der Waals surface area contributed by atoms with Crippen LogP contribution in [0.1, 0.15) is 0 Å². The summed E-state index contributed by atoms with van der Waals surface area (Å²) in [7, 11) is -2.08. The van der Waals surface area contributed by atoms with Crippen LogP contribution in [-0.2, 0) is 22.9 Å². The molecule has 25 heavy (non-hydrogen) atoms. The van der Waals surface area contributed by atoms with E-state index in [1.807, 2.05) is 0 Å². The summed E-state index contributed by atoms with van der Waals surface area (Å²) < 4.78 is 24.7. The van der Waals surface area contributed by atoms with Gasteiger partial charge in [-0.3, -0.25) is 0 Å². The van der Waals surface area contributed by atoms with Gasteiger partial charge in [0.2, 0.25) is 0 Å². The van der Waals surface area contributed by atoms with E-state index < -0.39 is 25.0 Å². The number of hydrogen-bond acceptors (Lipinski definition) is 6. The third-order valence-corrected chi connectivity index (χ3v) is 5.97. The molecule has 0 saturated heterocycles. The van der Waals surface area contributed by atoms with E-state index in [4.69, 9.17) is 22.9 Å². The number of nitrogens with zero attached hydrogens (tertiary/aromatic N) is 1. The zero-order valence-electron chi connectivity index (χ0n) is 18.0. The molecule has 3 atom stereocenters. The quantitative estimate of drug-likeness (QED) is 0.278. The number of hydrogen-bond donors (Lipinski definition) is 0. The predicted octanol–water partition coefficient (Wildman–Crippen LogP) is 3.93. The molecule has 6 nitrogen and oxygen atoms in total. The van der Waals surface area contributed by atoms with Gasteiger partial charge in [0.15, 0.2) is 25.0 Å². The average molecular weight is 410 g/mol. The van der Waals surface area contributed by atoms with E-state index in [2.05, 4.69) is 64.1 Å². The fraction of sp³-hybridized carbons (Fsp3) is 0.938. The Morgan fingerprint density at radius 2 is 1.32 bits per heavy atom. The maximum absolute atomic E-state index is 6.41. The van der Waals surface area contributed by atoms with E-state index in [1.54, 1.807) is 13.3 Å². The molecule has 0 amide bonds. The Morgan fingerprint density at radius 3 is 1.68 bits per heavy atom. The van der Waals surface area contributed by atoms with E-state index >= 15 is 0 Å². The Morgan fingerprint density at radius 1 is 0.800 bits per heavy atom. The fourth-order valence-electron chi connectivity index (χ4n) is 2.19. The zero-order chi connectivity index (χ0) is 19.9. The Labute approximate surface area is 157 Å². The monoisotopic (exact) mass is 409 g/mol. The highest BCUT2D eigenvalue weighted by atomic mass is 28.4. The molecular formula is C16H39NO5Si3. The lowest BCUT2D eigenvalue weighted by Gasteiger charge is -2.37. The topological polar surface area (TPSA) is 58.5 Å². The second-order valence-electron chi connectivity index (χ2n) is 9.02. The molecule has 0 rings (SSSR count). The highest BCUT2D eigenvalue weighted by Gasteiger charge is 2.37.